The van der Waals surface area contributed by atoms with Crippen LogP contribution in [0.2, 0.25) is 0 Å². The number of primary amides is 1. The molecule has 54 valence electrons. The number of amides is 1. The maximum absolute atomic E-state index is 9.11. The SMILES string of the molecule is [CH2-]C.[CH2-]C.[CH2-]C(N)=O.[Zn+2].[Zn]. The van der Waals surface area contributed by atoms with Gasteiger partial charge < -0.3 is 31.3 Å². The quantitative estimate of drug-likeness (QED) is 0.503. The van der Waals surface area contributed by atoms with Crippen LogP contribution in [0.5, 0.6) is 0 Å². The summed E-state index contributed by atoms with van der Waals surface area (Å²) in [5.74, 6) is -0.583. The van der Waals surface area contributed by atoms with Gasteiger partial charge in [-0.2, -0.15) is 13.8 Å². The van der Waals surface area contributed by atoms with Gasteiger partial charge in [-0.15, -0.1) is 0 Å². The van der Waals surface area contributed by atoms with E-state index in [1.807, 2.05) is 0 Å². The summed E-state index contributed by atoms with van der Waals surface area (Å²) in [6, 6.07) is 0. The summed E-state index contributed by atoms with van der Waals surface area (Å²) in [4.78, 5) is 9.11. The first-order valence-electron chi connectivity index (χ1n) is 2.26. The Morgan fingerprint density at radius 2 is 1.20 bits per heavy atom. The molecule has 0 aliphatic carbocycles. The molecule has 0 heterocycles. The van der Waals surface area contributed by atoms with Crippen molar-refractivity contribution < 1.29 is 43.8 Å². The van der Waals surface area contributed by atoms with Gasteiger partial charge in [-0.05, 0) is 0 Å². The van der Waals surface area contributed by atoms with Crippen molar-refractivity contribution in [2.75, 3.05) is 0 Å². The van der Waals surface area contributed by atoms with Crippen molar-refractivity contribution in [3.8, 4) is 0 Å². The molecule has 0 aliphatic rings. The Hall–Kier alpha value is 0.587. The van der Waals surface area contributed by atoms with Crippen molar-refractivity contribution in [2.24, 2.45) is 5.73 Å². The Morgan fingerprint density at radius 3 is 1.20 bits per heavy atom. The van der Waals surface area contributed by atoms with Crippen LogP contribution in [0.1, 0.15) is 13.8 Å². The van der Waals surface area contributed by atoms with Crippen LogP contribution >= 0.6 is 0 Å². The molecule has 0 radical (unpaired) electrons. The number of hydrogen-bond donors (Lipinski definition) is 1. The monoisotopic (exact) mass is 244 g/mol. The van der Waals surface area contributed by atoms with Crippen LogP contribution in [-0.2, 0) is 43.8 Å². The van der Waals surface area contributed by atoms with Gasteiger partial charge in [0.1, 0.15) is 0 Å². The average molecular weight is 247 g/mol. The maximum Gasteiger partial charge on any atom is 2.00 e. The third kappa shape index (κ3) is 1440. The molecular weight excluding hydrogens is 233 g/mol. The van der Waals surface area contributed by atoms with Gasteiger partial charge >= 0.3 is 19.5 Å². The predicted octanol–water partition coefficient (Wildman–Crippen LogP) is 0.982. The number of carbonyl (C=O) groups is 1. The molecule has 1 amide bonds. The van der Waals surface area contributed by atoms with E-state index in [4.69, 9.17) is 4.79 Å². The van der Waals surface area contributed by atoms with Crippen LogP contribution in [0, 0.1) is 20.8 Å². The second-order valence-electron chi connectivity index (χ2n) is 0.466. The zero-order chi connectivity index (χ0) is 7.58. The molecule has 0 aliphatic heterocycles. The molecule has 0 saturated heterocycles. The fourth-order valence-corrected chi connectivity index (χ4v) is 0. The van der Waals surface area contributed by atoms with Crippen LogP contribution in [0.3, 0.4) is 0 Å². The van der Waals surface area contributed by atoms with Gasteiger partial charge in [0.15, 0.2) is 0 Å². The van der Waals surface area contributed by atoms with Crippen LogP contribution in [0.4, 0.5) is 0 Å². The summed E-state index contributed by atoms with van der Waals surface area (Å²) in [5.41, 5.74) is 4.36. The molecule has 0 saturated carbocycles. The zero-order valence-corrected chi connectivity index (χ0v) is 13.0. The molecule has 0 bridgehead atoms. The topological polar surface area (TPSA) is 43.1 Å². The Kier molecular flexibility index (Phi) is 171. The Morgan fingerprint density at radius 1 is 1.20 bits per heavy atom. The third-order valence-electron chi connectivity index (χ3n) is 0. The largest absolute Gasteiger partial charge is 2.00 e. The van der Waals surface area contributed by atoms with E-state index >= 15 is 0 Å². The van der Waals surface area contributed by atoms with Gasteiger partial charge in [0.25, 0.3) is 0 Å². The van der Waals surface area contributed by atoms with Crippen LogP contribution in [0.15, 0.2) is 0 Å². The molecular formula is C6H14NOZn2-. The van der Waals surface area contributed by atoms with Crippen molar-refractivity contribution in [2.45, 2.75) is 13.8 Å². The molecule has 2 N–H and O–H groups in total. The van der Waals surface area contributed by atoms with E-state index in [1.165, 1.54) is 0 Å². The standard InChI is InChI=1S/C2H4NO.2C2H5.2Zn/c1-2(3)4;2*1-2;;/h1H2,(H2,3,4);2*1H2,2H3;;/q3*-1;;+2. The number of nitrogens with two attached hydrogens (primary N) is 1. The van der Waals surface area contributed by atoms with E-state index in [2.05, 4.69) is 26.5 Å². The molecule has 0 spiro atoms. The maximum atomic E-state index is 9.11. The summed E-state index contributed by atoms with van der Waals surface area (Å²) in [6.45, 7) is 12.8. The molecule has 0 aromatic rings. The number of rotatable bonds is 0. The molecule has 0 rings (SSSR count). The molecule has 0 fully saturated rings. The van der Waals surface area contributed by atoms with Gasteiger partial charge in [-0.25, -0.2) is 0 Å². The average Bonchev–Trinajstić information content (AvgIpc) is 1.75. The predicted molar refractivity (Wildman–Crippen MR) is 36.6 cm³/mol. The van der Waals surface area contributed by atoms with Gasteiger partial charge in [-0.3, -0.25) is 0 Å². The second-order valence-corrected chi connectivity index (χ2v) is 0.466. The van der Waals surface area contributed by atoms with Gasteiger partial charge in [-0.1, -0.05) is 0 Å². The minimum atomic E-state index is -0.583. The molecule has 0 unspecified atom stereocenters. The summed E-state index contributed by atoms with van der Waals surface area (Å²) >= 11 is 0. The van der Waals surface area contributed by atoms with Gasteiger partial charge in [0.05, 0.1) is 5.91 Å². The van der Waals surface area contributed by atoms with Gasteiger partial charge in [0, 0.05) is 19.5 Å². The summed E-state index contributed by atoms with van der Waals surface area (Å²) in [5, 5.41) is 0. The Balaban J connectivity index is -0.0000000125. The molecule has 2 nitrogen and oxygen atoms in total. The summed E-state index contributed by atoms with van der Waals surface area (Å²) in [7, 11) is 0. The van der Waals surface area contributed by atoms with Crippen molar-refractivity contribution in [3.05, 3.63) is 20.8 Å². The molecule has 0 aromatic heterocycles. The third-order valence-corrected chi connectivity index (χ3v) is 0. The summed E-state index contributed by atoms with van der Waals surface area (Å²) in [6.07, 6.45) is 0. The molecule has 10 heavy (non-hydrogen) atoms. The normalized spacial score (nSPS) is 3.60. The number of carbonyl (C=O) groups excluding carboxylic acids is 1. The van der Waals surface area contributed by atoms with Crippen molar-refractivity contribution in [3.63, 3.8) is 0 Å². The van der Waals surface area contributed by atoms with Crippen LogP contribution < -0.4 is 5.73 Å². The second kappa shape index (κ2) is 54.9. The molecule has 0 aromatic carbocycles. The van der Waals surface area contributed by atoms with Crippen molar-refractivity contribution in [1.29, 1.82) is 0 Å². The van der Waals surface area contributed by atoms with E-state index in [1.54, 1.807) is 13.8 Å². The minimum absolute atomic E-state index is 0. The smallest absolute Gasteiger partial charge is 0.395 e. The summed E-state index contributed by atoms with van der Waals surface area (Å²) < 4.78 is 0. The van der Waals surface area contributed by atoms with Gasteiger partial charge in [0.2, 0.25) is 0 Å². The first kappa shape index (κ1) is 31.2. The van der Waals surface area contributed by atoms with E-state index < -0.39 is 5.91 Å². The van der Waals surface area contributed by atoms with Crippen LogP contribution in [0.25, 0.3) is 0 Å². The minimum Gasteiger partial charge on any atom is -0.395 e. The van der Waals surface area contributed by atoms with Crippen molar-refractivity contribution in [1.82, 2.24) is 0 Å². The Bertz CT molecular complexity index is 38.7. The van der Waals surface area contributed by atoms with Crippen molar-refractivity contribution >= 4 is 5.91 Å². The first-order valence-corrected chi connectivity index (χ1v) is 2.26. The van der Waals surface area contributed by atoms with E-state index in [-0.39, 0.29) is 39.0 Å². The van der Waals surface area contributed by atoms with E-state index in [0.29, 0.717) is 0 Å². The van der Waals surface area contributed by atoms with Crippen LogP contribution in [-0.4, -0.2) is 5.91 Å². The molecule has 0 atom stereocenters. The fraction of sp³-hybridized carbons (Fsp3) is 0.333. The number of hydrogen-bond acceptors (Lipinski definition) is 1. The first-order chi connectivity index (χ1) is 3.73. The zero-order valence-electron chi connectivity index (χ0n) is 7.02. The molecule has 4 heteroatoms. The Labute approximate surface area is 89.8 Å². The van der Waals surface area contributed by atoms with E-state index in [0.717, 1.165) is 0 Å². The van der Waals surface area contributed by atoms with E-state index in [9.17, 15) is 0 Å². The fourth-order valence-electron chi connectivity index (χ4n) is 0.